The van der Waals surface area contributed by atoms with Gasteiger partial charge in [-0.15, -0.1) is 0 Å². The second kappa shape index (κ2) is 4.31. The van der Waals surface area contributed by atoms with Gasteiger partial charge in [0, 0.05) is 23.4 Å². The predicted molar refractivity (Wildman–Crippen MR) is 57.5 cm³/mol. The minimum absolute atomic E-state index is 0.0774. The van der Waals surface area contributed by atoms with E-state index < -0.39 is 0 Å². The van der Waals surface area contributed by atoms with Crippen LogP contribution in [-0.2, 0) is 4.79 Å². The second-order valence-corrected chi connectivity index (χ2v) is 4.77. The number of hydrogen-bond donors (Lipinski definition) is 1. The number of fused-ring (bicyclic) bond motifs is 1. The van der Waals surface area contributed by atoms with Crippen LogP contribution in [0.5, 0.6) is 0 Å². The highest BCUT2D eigenvalue weighted by Crippen LogP contribution is 2.48. The number of azide groups is 1. The smallest absolute Gasteiger partial charge is 0.228 e. The highest BCUT2D eigenvalue weighted by molar-refractivity contribution is 5.78. The van der Waals surface area contributed by atoms with Crippen LogP contribution in [0.3, 0.4) is 0 Å². The zero-order chi connectivity index (χ0) is 11.6. The lowest BCUT2D eigenvalue weighted by Gasteiger charge is -2.25. The van der Waals surface area contributed by atoms with Crippen molar-refractivity contribution in [3.8, 4) is 0 Å². The molecule has 0 bridgehead atoms. The molecule has 2 atom stereocenters. The van der Waals surface area contributed by atoms with E-state index in [2.05, 4.69) is 10.0 Å². The highest BCUT2D eigenvalue weighted by atomic mass is 16.3. The summed E-state index contributed by atoms with van der Waals surface area (Å²) in [5.41, 5.74) is 8.09. The van der Waals surface area contributed by atoms with Gasteiger partial charge in [-0.2, -0.15) is 0 Å². The number of hydrogen-bond acceptors (Lipinski definition) is 3. The van der Waals surface area contributed by atoms with Gasteiger partial charge in [-0.25, -0.2) is 0 Å². The summed E-state index contributed by atoms with van der Waals surface area (Å²) in [6.45, 7) is 1.38. The highest BCUT2D eigenvalue weighted by Gasteiger charge is 2.49. The number of carbonyl (C=O) groups excluding carboxylic acids is 1. The minimum Gasteiger partial charge on any atom is -0.396 e. The molecule has 2 rings (SSSR count). The molecule has 0 spiro atoms. The Morgan fingerprint density at radius 3 is 3.12 bits per heavy atom. The van der Waals surface area contributed by atoms with Gasteiger partial charge in [0.25, 0.3) is 0 Å². The molecule has 1 amide bonds. The minimum atomic E-state index is -0.125. The SMILES string of the molecule is [N-]=[N+]=NCC(=O)N1C[C@H]2CCC[C@]2(CO)C1. The summed E-state index contributed by atoms with van der Waals surface area (Å²) in [5, 5.41) is 12.8. The zero-order valence-electron chi connectivity index (χ0n) is 9.17. The van der Waals surface area contributed by atoms with Crippen molar-refractivity contribution >= 4 is 5.91 Å². The average molecular weight is 224 g/mol. The summed E-state index contributed by atoms with van der Waals surface area (Å²) in [6, 6.07) is 0. The zero-order valence-corrected chi connectivity index (χ0v) is 9.17. The molecule has 1 aliphatic heterocycles. The summed E-state index contributed by atoms with van der Waals surface area (Å²) < 4.78 is 0. The van der Waals surface area contributed by atoms with Crippen molar-refractivity contribution in [3.63, 3.8) is 0 Å². The molecule has 1 saturated heterocycles. The van der Waals surface area contributed by atoms with E-state index >= 15 is 0 Å². The number of nitrogens with zero attached hydrogens (tertiary/aromatic N) is 4. The van der Waals surface area contributed by atoms with Crippen molar-refractivity contribution in [2.24, 2.45) is 16.4 Å². The third-order valence-corrected chi connectivity index (χ3v) is 3.98. The van der Waals surface area contributed by atoms with Crippen LogP contribution in [-0.4, -0.2) is 42.2 Å². The van der Waals surface area contributed by atoms with E-state index in [-0.39, 0.29) is 24.5 Å². The molecule has 2 aliphatic rings. The Bertz CT molecular complexity index is 340. The molecule has 16 heavy (non-hydrogen) atoms. The Labute approximate surface area is 93.9 Å². The van der Waals surface area contributed by atoms with E-state index in [0.29, 0.717) is 19.0 Å². The predicted octanol–water partition coefficient (Wildman–Crippen LogP) is 0.918. The lowest BCUT2D eigenvalue weighted by molar-refractivity contribution is -0.129. The van der Waals surface area contributed by atoms with E-state index in [1.807, 2.05) is 0 Å². The maximum atomic E-state index is 11.7. The molecule has 1 heterocycles. The topological polar surface area (TPSA) is 89.3 Å². The summed E-state index contributed by atoms with van der Waals surface area (Å²) in [7, 11) is 0. The third-order valence-electron chi connectivity index (χ3n) is 3.98. The van der Waals surface area contributed by atoms with E-state index in [4.69, 9.17) is 5.53 Å². The molecular formula is C10H16N4O2. The molecule has 2 fully saturated rings. The Morgan fingerprint density at radius 1 is 1.69 bits per heavy atom. The maximum Gasteiger partial charge on any atom is 0.228 e. The van der Waals surface area contributed by atoms with Gasteiger partial charge in [-0.3, -0.25) is 4.79 Å². The fourth-order valence-corrected chi connectivity index (χ4v) is 3.05. The van der Waals surface area contributed by atoms with Crippen LogP contribution in [0.4, 0.5) is 0 Å². The van der Waals surface area contributed by atoms with Crippen LogP contribution < -0.4 is 0 Å². The molecule has 0 aromatic heterocycles. The first-order chi connectivity index (χ1) is 7.72. The molecule has 0 radical (unpaired) electrons. The Kier molecular flexibility index (Phi) is 3.03. The number of carbonyl (C=O) groups is 1. The molecule has 88 valence electrons. The molecule has 1 aliphatic carbocycles. The van der Waals surface area contributed by atoms with Crippen LogP contribution in [0.1, 0.15) is 19.3 Å². The molecule has 0 aromatic carbocycles. The van der Waals surface area contributed by atoms with E-state index in [0.717, 1.165) is 19.3 Å². The normalized spacial score (nSPS) is 32.3. The molecule has 1 saturated carbocycles. The van der Waals surface area contributed by atoms with Crippen molar-refractivity contribution in [2.75, 3.05) is 26.2 Å². The Hall–Kier alpha value is -1.26. The Morgan fingerprint density at radius 2 is 2.50 bits per heavy atom. The second-order valence-electron chi connectivity index (χ2n) is 4.77. The number of aliphatic hydroxyl groups excluding tert-OH is 1. The van der Waals surface area contributed by atoms with E-state index in [9.17, 15) is 9.90 Å². The van der Waals surface area contributed by atoms with E-state index in [1.165, 1.54) is 0 Å². The molecule has 0 aromatic rings. The quantitative estimate of drug-likeness (QED) is 0.438. The van der Waals surface area contributed by atoms with Gasteiger partial charge in [0.2, 0.25) is 5.91 Å². The molecule has 6 heteroatoms. The van der Waals surface area contributed by atoms with E-state index in [1.54, 1.807) is 4.90 Å². The maximum absolute atomic E-state index is 11.7. The summed E-state index contributed by atoms with van der Waals surface area (Å²) in [5.74, 6) is 0.299. The largest absolute Gasteiger partial charge is 0.396 e. The lowest BCUT2D eigenvalue weighted by atomic mass is 9.82. The van der Waals surface area contributed by atoms with Crippen LogP contribution in [0.15, 0.2) is 5.11 Å². The molecular weight excluding hydrogens is 208 g/mol. The van der Waals surface area contributed by atoms with Crippen LogP contribution >= 0.6 is 0 Å². The van der Waals surface area contributed by atoms with Crippen LogP contribution in [0, 0.1) is 11.3 Å². The number of rotatable bonds is 3. The van der Waals surface area contributed by atoms with Gasteiger partial charge in [0.1, 0.15) is 6.54 Å². The number of likely N-dealkylation sites (tertiary alicyclic amines) is 1. The van der Waals surface area contributed by atoms with Crippen LogP contribution in [0.2, 0.25) is 0 Å². The van der Waals surface area contributed by atoms with Crippen molar-refractivity contribution in [1.82, 2.24) is 4.90 Å². The molecule has 6 nitrogen and oxygen atoms in total. The van der Waals surface area contributed by atoms with Gasteiger partial charge in [-0.1, -0.05) is 11.5 Å². The van der Waals surface area contributed by atoms with Gasteiger partial charge in [0.15, 0.2) is 0 Å². The van der Waals surface area contributed by atoms with Gasteiger partial charge < -0.3 is 10.0 Å². The summed E-state index contributed by atoms with van der Waals surface area (Å²) >= 11 is 0. The van der Waals surface area contributed by atoms with Crippen LogP contribution in [0.25, 0.3) is 10.4 Å². The standard InChI is InChI=1S/C10H16N4O2/c11-13-12-4-9(16)14-5-8-2-1-3-10(8,6-14)7-15/h8,15H,1-7H2/t8-,10-/m1/s1. The van der Waals surface area contributed by atoms with Gasteiger partial charge in [-0.05, 0) is 24.3 Å². The monoisotopic (exact) mass is 224 g/mol. The fraction of sp³-hybridized carbons (Fsp3) is 0.900. The average Bonchev–Trinajstić information content (AvgIpc) is 2.82. The first kappa shape index (κ1) is 11.2. The first-order valence-corrected chi connectivity index (χ1v) is 5.61. The summed E-state index contributed by atoms with van der Waals surface area (Å²) in [6.07, 6.45) is 3.23. The lowest BCUT2D eigenvalue weighted by Crippen LogP contribution is -2.34. The van der Waals surface area contributed by atoms with Gasteiger partial charge in [0.05, 0.1) is 6.61 Å². The van der Waals surface area contributed by atoms with Crippen molar-refractivity contribution in [1.29, 1.82) is 0 Å². The molecule has 0 unspecified atom stereocenters. The van der Waals surface area contributed by atoms with Crippen molar-refractivity contribution in [2.45, 2.75) is 19.3 Å². The van der Waals surface area contributed by atoms with Gasteiger partial charge >= 0.3 is 0 Å². The third kappa shape index (κ3) is 1.74. The number of amides is 1. The summed E-state index contributed by atoms with van der Waals surface area (Å²) in [4.78, 5) is 16.0. The fourth-order valence-electron chi connectivity index (χ4n) is 3.05. The first-order valence-electron chi connectivity index (χ1n) is 5.61. The Balaban J connectivity index is 2.02. The van der Waals surface area contributed by atoms with Crippen molar-refractivity contribution in [3.05, 3.63) is 10.4 Å². The van der Waals surface area contributed by atoms with Crippen molar-refractivity contribution < 1.29 is 9.90 Å². The molecule has 1 N–H and O–H groups in total. The number of aliphatic hydroxyl groups is 1.